The van der Waals surface area contributed by atoms with E-state index in [1.54, 1.807) is 7.05 Å². The first kappa shape index (κ1) is 12.1. The van der Waals surface area contributed by atoms with Crippen molar-refractivity contribution in [3.05, 3.63) is 29.8 Å². The fourth-order valence-electron chi connectivity index (χ4n) is 2.17. The van der Waals surface area contributed by atoms with Crippen LogP contribution in [-0.2, 0) is 11.3 Å². The van der Waals surface area contributed by atoms with E-state index < -0.39 is 0 Å². The molecule has 1 N–H and O–H groups in total. The minimum atomic E-state index is 0.134. The van der Waals surface area contributed by atoms with Gasteiger partial charge in [-0.3, -0.25) is 4.79 Å². The van der Waals surface area contributed by atoms with Gasteiger partial charge in [-0.25, -0.2) is 0 Å². The molecule has 0 bridgehead atoms. The minimum Gasteiger partial charge on any atom is -0.311 e. The highest BCUT2D eigenvalue weighted by Gasteiger charge is 2.21. The molecule has 1 aromatic rings. The van der Waals surface area contributed by atoms with E-state index >= 15 is 0 Å². The van der Waals surface area contributed by atoms with Crippen molar-refractivity contribution in [1.29, 1.82) is 0 Å². The maximum atomic E-state index is 12.1. The minimum absolute atomic E-state index is 0.134. The number of benzene rings is 1. The summed E-state index contributed by atoms with van der Waals surface area (Å²) in [6, 6.07) is 8.14. The van der Waals surface area contributed by atoms with Gasteiger partial charge in [0, 0.05) is 25.3 Å². The van der Waals surface area contributed by atoms with Crippen LogP contribution in [0.3, 0.4) is 0 Å². The first-order chi connectivity index (χ1) is 8.22. The number of hydrogen-bond acceptors (Lipinski definition) is 3. The van der Waals surface area contributed by atoms with Crippen LogP contribution >= 0.6 is 0 Å². The summed E-state index contributed by atoms with van der Waals surface area (Å²) in [5, 5.41) is 2.92. The highest BCUT2D eigenvalue weighted by molar-refractivity contribution is 5.95. The lowest BCUT2D eigenvalue weighted by molar-refractivity contribution is -0.117. The lowest BCUT2D eigenvalue weighted by Gasteiger charge is -2.22. The predicted molar refractivity (Wildman–Crippen MR) is 69.1 cm³/mol. The molecule has 4 heteroatoms. The summed E-state index contributed by atoms with van der Waals surface area (Å²) in [6.07, 6.45) is 0. The normalized spacial score (nSPS) is 16.5. The molecule has 0 radical (unpaired) electrons. The van der Waals surface area contributed by atoms with Gasteiger partial charge in [0.1, 0.15) is 0 Å². The molecule has 0 fully saturated rings. The van der Waals surface area contributed by atoms with Gasteiger partial charge in [-0.1, -0.05) is 18.2 Å². The Hall–Kier alpha value is -1.39. The first-order valence-electron chi connectivity index (χ1n) is 5.94. The third kappa shape index (κ3) is 2.65. The third-order valence-corrected chi connectivity index (χ3v) is 3.06. The van der Waals surface area contributed by atoms with Crippen molar-refractivity contribution in [2.45, 2.75) is 6.54 Å². The summed E-state index contributed by atoms with van der Waals surface area (Å²) >= 11 is 0. The number of nitrogens with zero attached hydrogens (tertiary/aromatic N) is 2. The van der Waals surface area contributed by atoms with Gasteiger partial charge in [0.2, 0.25) is 5.91 Å². The standard InChI is InChI=1S/C13H19N3O/c1-14-9-13(17)16-8-7-15(2)10-11-5-3-4-6-12(11)16/h3-6,14H,7-10H2,1-2H3. The summed E-state index contributed by atoms with van der Waals surface area (Å²) in [7, 11) is 3.89. The molecule has 4 nitrogen and oxygen atoms in total. The molecular weight excluding hydrogens is 214 g/mol. The molecule has 1 aromatic carbocycles. The third-order valence-electron chi connectivity index (χ3n) is 3.06. The molecule has 0 spiro atoms. The Bertz CT molecular complexity index is 405. The number of carbonyl (C=O) groups is 1. The summed E-state index contributed by atoms with van der Waals surface area (Å²) in [5.74, 6) is 0.134. The van der Waals surface area contributed by atoms with Crippen LogP contribution < -0.4 is 10.2 Å². The second kappa shape index (κ2) is 5.29. The van der Waals surface area contributed by atoms with Crippen molar-refractivity contribution in [2.24, 2.45) is 0 Å². The highest BCUT2D eigenvalue weighted by atomic mass is 16.2. The van der Waals surface area contributed by atoms with Crippen LogP contribution in [0.15, 0.2) is 24.3 Å². The molecule has 1 aliphatic heterocycles. The van der Waals surface area contributed by atoms with Crippen molar-refractivity contribution in [3.63, 3.8) is 0 Å². The molecule has 1 aliphatic rings. The van der Waals surface area contributed by atoms with Gasteiger partial charge < -0.3 is 15.1 Å². The van der Waals surface area contributed by atoms with Gasteiger partial charge in [-0.15, -0.1) is 0 Å². The van der Waals surface area contributed by atoms with Crippen molar-refractivity contribution >= 4 is 11.6 Å². The SMILES string of the molecule is CNCC(=O)N1CCN(C)Cc2ccccc21. The molecule has 0 unspecified atom stereocenters. The largest absolute Gasteiger partial charge is 0.311 e. The molecule has 1 heterocycles. The van der Waals surface area contributed by atoms with E-state index in [2.05, 4.69) is 23.3 Å². The monoisotopic (exact) mass is 233 g/mol. The predicted octanol–water partition coefficient (Wildman–Crippen LogP) is 0.684. The number of rotatable bonds is 2. The zero-order valence-electron chi connectivity index (χ0n) is 10.4. The van der Waals surface area contributed by atoms with E-state index in [-0.39, 0.29) is 5.91 Å². The Balaban J connectivity index is 2.31. The van der Waals surface area contributed by atoms with Gasteiger partial charge >= 0.3 is 0 Å². The van der Waals surface area contributed by atoms with Crippen LogP contribution in [0.2, 0.25) is 0 Å². The van der Waals surface area contributed by atoms with Crippen LogP contribution in [0.5, 0.6) is 0 Å². The number of fused-ring (bicyclic) bond motifs is 1. The number of para-hydroxylation sites is 1. The second-order valence-corrected chi connectivity index (χ2v) is 4.44. The van der Waals surface area contributed by atoms with Crippen LogP contribution in [0.25, 0.3) is 0 Å². The average Bonchev–Trinajstić information content (AvgIpc) is 2.47. The Kier molecular flexibility index (Phi) is 3.76. The second-order valence-electron chi connectivity index (χ2n) is 4.44. The summed E-state index contributed by atoms with van der Waals surface area (Å²) in [6.45, 7) is 2.95. The number of amides is 1. The molecule has 0 aromatic heterocycles. The molecular formula is C13H19N3O. The van der Waals surface area contributed by atoms with E-state index in [4.69, 9.17) is 0 Å². The van der Waals surface area contributed by atoms with Gasteiger partial charge in [0.05, 0.1) is 6.54 Å². The number of hydrogen-bond donors (Lipinski definition) is 1. The number of carbonyl (C=O) groups excluding carboxylic acids is 1. The molecule has 2 rings (SSSR count). The Morgan fingerprint density at radius 1 is 1.35 bits per heavy atom. The quantitative estimate of drug-likeness (QED) is 0.816. The molecule has 0 saturated heterocycles. The summed E-state index contributed by atoms with van der Waals surface area (Å²) < 4.78 is 0. The van der Waals surface area contributed by atoms with E-state index in [1.165, 1.54) is 5.56 Å². The maximum Gasteiger partial charge on any atom is 0.240 e. The van der Waals surface area contributed by atoms with Crippen LogP contribution in [-0.4, -0.2) is 44.5 Å². The fraction of sp³-hybridized carbons (Fsp3) is 0.462. The maximum absolute atomic E-state index is 12.1. The number of likely N-dealkylation sites (N-methyl/N-ethyl adjacent to an activating group) is 2. The van der Waals surface area contributed by atoms with Gasteiger partial charge in [0.15, 0.2) is 0 Å². The van der Waals surface area contributed by atoms with E-state index in [9.17, 15) is 4.79 Å². The van der Waals surface area contributed by atoms with E-state index in [0.717, 1.165) is 25.3 Å². The van der Waals surface area contributed by atoms with E-state index in [0.29, 0.717) is 6.54 Å². The molecule has 0 aliphatic carbocycles. The molecule has 1 amide bonds. The van der Waals surface area contributed by atoms with Crippen molar-refractivity contribution in [2.75, 3.05) is 38.6 Å². The first-order valence-corrected chi connectivity index (χ1v) is 5.94. The van der Waals surface area contributed by atoms with Crippen molar-refractivity contribution in [3.8, 4) is 0 Å². The lowest BCUT2D eigenvalue weighted by atomic mass is 10.1. The molecule has 92 valence electrons. The topological polar surface area (TPSA) is 35.6 Å². The zero-order valence-corrected chi connectivity index (χ0v) is 10.4. The van der Waals surface area contributed by atoms with Crippen LogP contribution in [0.4, 0.5) is 5.69 Å². The highest BCUT2D eigenvalue weighted by Crippen LogP contribution is 2.24. The zero-order chi connectivity index (χ0) is 12.3. The fourth-order valence-corrected chi connectivity index (χ4v) is 2.17. The van der Waals surface area contributed by atoms with Crippen molar-refractivity contribution < 1.29 is 4.79 Å². The van der Waals surface area contributed by atoms with E-state index in [1.807, 2.05) is 23.1 Å². The Labute approximate surface area is 102 Å². The van der Waals surface area contributed by atoms with Gasteiger partial charge in [0.25, 0.3) is 0 Å². The number of anilines is 1. The Morgan fingerprint density at radius 2 is 2.12 bits per heavy atom. The summed E-state index contributed by atoms with van der Waals surface area (Å²) in [5.41, 5.74) is 2.27. The van der Waals surface area contributed by atoms with Crippen LogP contribution in [0.1, 0.15) is 5.56 Å². The average molecular weight is 233 g/mol. The van der Waals surface area contributed by atoms with Crippen LogP contribution in [0, 0.1) is 0 Å². The Morgan fingerprint density at radius 3 is 2.88 bits per heavy atom. The molecule has 0 atom stereocenters. The van der Waals surface area contributed by atoms with Gasteiger partial charge in [-0.2, -0.15) is 0 Å². The van der Waals surface area contributed by atoms with Gasteiger partial charge in [-0.05, 0) is 25.7 Å². The smallest absolute Gasteiger partial charge is 0.240 e. The number of nitrogens with one attached hydrogen (secondary N) is 1. The molecule has 0 saturated carbocycles. The van der Waals surface area contributed by atoms with Crippen molar-refractivity contribution in [1.82, 2.24) is 10.2 Å². The summed E-state index contributed by atoms with van der Waals surface area (Å²) in [4.78, 5) is 16.2. The lowest BCUT2D eigenvalue weighted by Crippen LogP contribution is -2.39. The molecule has 17 heavy (non-hydrogen) atoms.